The molecule has 0 saturated carbocycles. The number of ether oxygens (including phenoxy) is 1. The molecular weight excluding hydrogens is 334 g/mol. The minimum atomic E-state index is -0.255. The maximum atomic E-state index is 12.6. The van der Waals surface area contributed by atoms with Crippen LogP contribution in [-0.2, 0) is 11.3 Å². The molecule has 1 saturated heterocycles. The van der Waals surface area contributed by atoms with Crippen molar-refractivity contribution in [1.82, 2.24) is 4.90 Å². The molecule has 5 heteroatoms. The number of methoxy groups -OCH3 is 1. The summed E-state index contributed by atoms with van der Waals surface area (Å²) < 4.78 is 5.31. The lowest BCUT2D eigenvalue weighted by atomic mass is 10.1. The number of carbonyl (C=O) groups is 2. The minimum Gasteiger partial charge on any atom is -0.496 e. The van der Waals surface area contributed by atoms with Crippen LogP contribution in [0.5, 0.6) is 5.75 Å². The van der Waals surface area contributed by atoms with Gasteiger partial charge in [-0.2, -0.15) is 0 Å². The number of hydrogen-bond donors (Lipinski definition) is 0. The Bertz CT molecular complexity index is 856. The molecule has 2 aromatic carbocycles. The third-order valence-electron chi connectivity index (χ3n) is 4.06. The van der Waals surface area contributed by atoms with Crippen molar-refractivity contribution in [2.75, 3.05) is 7.11 Å². The van der Waals surface area contributed by atoms with E-state index in [4.69, 9.17) is 4.74 Å². The molecule has 25 heavy (non-hydrogen) atoms. The van der Waals surface area contributed by atoms with Crippen LogP contribution in [-0.4, -0.2) is 23.2 Å². The van der Waals surface area contributed by atoms with Gasteiger partial charge in [-0.05, 0) is 54.4 Å². The van der Waals surface area contributed by atoms with Crippen molar-refractivity contribution in [2.45, 2.75) is 20.4 Å². The Labute approximate surface area is 151 Å². The van der Waals surface area contributed by atoms with Gasteiger partial charge in [0.25, 0.3) is 11.1 Å². The van der Waals surface area contributed by atoms with E-state index in [0.29, 0.717) is 11.4 Å². The van der Waals surface area contributed by atoms with Crippen LogP contribution in [0.15, 0.2) is 47.4 Å². The Hall–Kier alpha value is -2.53. The quantitative estimate of drug-likeness (QED) is 0.757. The number of nitrogens with zero attached hydrogens (tertiary/aromatic N) is 1. The molecule has 0 aromatic heterocycles. The molecule has 0 N–H and O–H groups in total. The largest absolute Gasteiger partial charge is 0.496 e. The first-order valence-corrected chi connectivity index (χ1v) is 8.75. The Balaban J connectivity index is 1.82. The number of benzene rings is 2. The van der Waals surface area contributed by atoms with Gasteiger partial charge in [-0.25, -0.2) is 0 Å². The fourth-order valence-electron chi connectivity index (χ4n) is 2.59. The molecule has 0 bridgehead atoms. The molecule has 3 rings (SSSR count). The lowest BCUT2D eigenvalue weighted by Crippen LogP contribution is -2.27. The summed E-state index contributed by atoms with van der Waals surface area (Å²) in [5.41, 5.74) is 3.94. The van der Waals surface area contributed by atoms with E-state index in [9.17, 15) is 9.59 Å². The summed E-state index contributed by atoms with van der Waals surface area (Å²) >= 11 is 0.974. The summed E-state index contributed by atoms with van der Waals surface area (Å²) in [6.45, 7) is 4.25. The second-order valence-corrected chi connectivity index (χ2v) is 6.98. The third kappa shape index (κ3) is 3.77. The molecule has 2 amide bonds. The minimum absolute atomic E-state index is 0.240. The van der Waals surface area contributed by atoms with E-state index in [1.807, 2.05) is 56.3 Å². The summed E-state index contributed by atoms with van der Waals surface area (Å²) in [6.07, 6.45) is 1.74. The van der Waals surface area contributed by atoms with Crippen LogP contribution in [0.2, 0.25) is 0 Å². The number of amides is 2. The van der Waals surface area contributed by atoms with E-state index < -0.39 is 0 Å². The number of thioether (sulfide) groups is 1. The van der Waals surface area contributed by atoms with Gasteiger partial charge in [0.1, 0.15) is 5.75 Å². The van der Waals surface area contributed by atoms with Gasteiger partial charge in [-0.15, -0.1) is 0 Å². The molecule has 0 spiro atoms. The van der Waals surface area contributed by atoms with E-state index in [-0.39, 0.29) is 11.1 Å². The Kier molecular flexibility index (Phi) is 4.95. The molecular formula is C20H19NO3S. The van der Waals surface area contributed by atoms with Gasteiger partial charge in [0.05, 0.1) is 18.6 Å². The molecule has 0 aliphatic carbocycles. The van der Waals surface area contributed by atoms with Gasteiger partial charge in [0.2, 0.25) is 0 Å². The average molecular weight is 353 g/mol. The fourth-order valence-corrected chi connectivity index (χ4v) is 3.43. The summed E-state index contributed by atoms with van der Waals surface area (Å²) in [4.78, 5) is 26.6. The van der Waals surface area contributed by atoms with Crippen LogP contribution in [0.1, 0.15) is 22.3 Å². The first-order valence-electron chi connectivity index (χ1n) is 7.93. The first kappa shape index (κ1) is 17.3. The summed E-state index contributed by atoms with van der Waals surface area (Å²) in [7, 11) is 1.61. The Morgan fingerprint density at radius 1 is 1.08 bits per heavy atom. The van der Waals surface area contributed by atoms with Crippen LogP contribution in [0, 0.1) is 13.8 Å². The van der Waals surface area contributed by atoms with Crippen molar-refractivity contribution in [1.29, 1.82) is 0 Å². The van der Waals surface area contributed by atoms with Crippen molar-refractivity contribution < 1.29 is 14.3 Å². The predicted octanol–water partition coefficient (Wildman–Crippen LogP) is 4.55. The summed E-state index contributed by atoms with van der Waals surface area (Å²) in [5.74, 6) is 0.503. The van der Waals surface area contributed by atoms with Gasteiger partial charge < -0.3 is 4.74 Å². The van der Waals surface area contributed by atoms with E-state index in [0.717, 1.165) is 39.8 Å². The van der Waals surface area contributed by atoms with Crippen molar-refractivity contribution >= 4 is 29.0 Å². The lowest BCUT2D eigenvalue weighted by Gasteiger charge is -2.12. The van der Waals surface area contributed by atoms with Gasteiger partial charge in [-0.1, -0.05) is 42.0 Å². The average Bonchev–Trinajstić information content (AvgIpc) is 2.86. The summed E-state index contributed by atoms with van der Waals surface area (Å²) in [6, 6.07) is 13.5. The van der Waals surface area contributed by atoms with E-state index in [1.165, 1.54) is 4.90 Å². The first-order chi connectivity index (χ1) is 12.0. The molecule has 1 heterocycles. The van der Waals surface area contributed by atoms with Crippen molar-refractivity contribution in [3.8, 4) is 5.75 Å². The maximum Gasteiger partial charge on any atom is 0.293 e. The molecule has 128 valence electrons. The smallest absolute Gasteiger partial charge is 0.293 e. The number of rotatable bonds is 4. The zero-order chi connectivity index (χ0) is 18.0. The lowest BCUT2D eigenvalue weighted by molar-refractivity contribution is -0.123. The second kappa shape index (κ2) is 7.15. The fraction of sp³-hybridized carbons (Fsp3) is 0.200. The number of imide groups is 1. The van der Waals surface area contributed by atoms with Crippen molar-refractivity contribution in [2.24, 2.45) is 0 Å². The van der Waals surface area contributed by atoms with Crippen LogP contribution in [0.25, 0.3) is 6.08 Å². The van der Waals surface area contributed by atoms with Gasteiger partial charge in [0.15, 0.2) is 0 Å². The van der Waals surface area contributed by atoms with Crippen LogP contribution >= 0.6 is 11.8 Å². The molecule has 0 radical (unpaired) electrons. The molecule has 2 aromatic rings. The zero-order valence-corrected chi connectivity index (χ0v) is 15.2. The Morgan fingerprint density at radius 3 is 2.48 bits per heavy atom. The number of hydrogen-bond acceptors (Lipinski definition) is 4. The Morgan fingerprint density at radius 2 is 1.80 bits per heavy atom. The topological polar surface area (TPSA) is 46.6 Å². The van der Waals surface area contributed by atoms with Crippen molar-refractivity contribution in [3.05, 3.63) is 69.6 Å². The molecule has 0 atom stereocenters. The zero-order valence-electron chi connectivity index (χ0n) is 14.4. The standard InChI is InChI=1S/C20H19NO3S/c1-13-4-7-15(8-5-13)12-21-19(22)18(25-20(21)23)11-16-9-6-14(2)17(10-16)24-3/h4-11H,12H2,1-3H3/b18-11+. The van der Waals surface area contributed by atoms with Crippen LogP contribution < -0.4 is 4.74 Å². The summed E-state index contributed by atoms with van der Waals surface area (Å²) in [5, 5.41) is -0.240. The highest BCUT2D eigenvalue weighted by Gasteiger charge is 2.34. The predicted molar refractivity (Wildman–Crippen MR) is 100 cm³/mol. The number of carbonyl (C=O) groups excluding carboxylic acids is 2. The third-order valence-corrected chi connectivity index (χ3v) is 4.97. The molecule has 1 aliphatic heterocycles. The molecule has 1 aliphatic rings. The van der Waals surface area contributed by atoms with E-state index in [1.54, 1.807) is 13.2 Å². The normalized spacial score (nSPS) is 16.0. The monoisotopic (exact) mass is 353 g/mol. The maximum absolute atomic E-state index is 12.6. The van der Waals surface area contributed by atoms with Gasteiger partial charge in [0, 0.05) is 0 Å². The van der Waals surface area contributed by atoms with Gasteiger partial charge in [-0.3, -0.25) is 14.5 Å². The molecule has 0 unspecified atom stereocenters. The van der Waals surface area contributed by atoms with Gasteiger partial charge >= 0.3 is 0 Å². The second-order valence-electron chi connectivity index (χ2n) is 5.98. The molecule has 1 fully saturated rings. The SMILES string of the molecule is COc1cc(/C=C2/SC(=O)N(Cc3ccc(C)cc3)C2=O)ccc1C. The highest BCUT2D eigenvalue weighted by atomic mass is 32.2. The van der Waals surface area contributed by atoms with E-state index in [2.05, 4.69) is 0 Å². The van der Waals surface area contributed by atoms with Crippen LogP contribution in [0.4, 0.5) is 4.79 Å². The van der Waals surface area contributed by atoms with Crippen molar-refractivity contribution in [3.63, 3.8) is 0 Å². The highest BCUT2D eigenvalue weighted by Crippen LogP contribution is 2.34. The van der Waals surface area contributed by atoms with E-state index >= 15 is 0 Å². The molecule has 4 nitrogen and oxygen atoms in total. The number of aryl methyl sites for hydroxylation is 2. The highest BCUT2D eigenvalue weighted by molar-refractivity contribution is 8.18. The van der Waals surface area contributed by atoms with Crippen LogP contribution in [0.3, 0.4) is 0 Å².